The van der Waals surface area contributed by atoms with Gasteiger partial charge in [-0.3, -0.25) is 4.79 Å². The molecule has 0 aliphatic heterocycles. The fraction of sp³-hybridized carbons (Fsp3) is 0.211. The molecule has 0 spiro atoms. The third kappa shape index (κ3) is 4.66. The molecule has 0 N–H and O–H groups in total. The summed E-state index contributed by atoms with van der Waals surface area (Å²) in [5.74, 6) is -0.416. The Labute approximate surface area is 145 Å². The Kier molecular flexibility index (Phi) is 6.26. The molecule has 1 unspecified atom stereocenters. The minimum Gasteiger partial charge on any atom is -0.497 e. The van der Waals surface area contributed by atoms with Gasteiger partial charge in [0.2, 0.25) is 5.78 Å². The number of ketones is 1. The van der Waals surface area contributed by atoms with Gasteiger partial charge in [-0.1, -0.05) is 12.1 Å². The van der Waals surface area contributed by atoms with Gasteiger partial charge < -0.3 is 14.2 Å². The molecule has 6 heteroatoms. The van der Waals surface area contributed by atoms with Crippen molar-refractivity contribution >= 4 is 11.8 Å². The summed E-state index contributed by atoms with van der Waals surface area (Å²) in [6, 6.07) is 14.8. The Hall–Kier alpha value is -3.17. The number of carbonyl (C=O) groups excluding carboxylic acids is 2. The minimum atomic E-state index is -1.11. The van der Waals surface area contributed by atoms with Crippen molar-refractivity contribution < 1.29 is 23.8 Å². The van der Waals surface area contributed by atoms with Crippen molar-refractivity contribution in [1.29, 1.82) is 5.26 Å². The molecule has 0 radical (unpaired) electrons. The van der Waals surface area contributed by atoms with E-state index in [1.165, 1.54) is 38.5 Å². The van der Waals surface area contributed by atoms with Crippen LogP contribution in [0.15, 0.2) is 48.5 Å². The average molecular weight is 339 g/mol. The third-order valence-electron chi connectivity index (χ3n) is 3.47. The number of carbonyl (C=O) groups is 2. The Morgan fingerprint density at radius 1 is 1.04 bits per heavy atom. The Bertz CT molecular complexity index is 775. The topological polar surface area (TPSA) is 85.6 Å². The number of esters is 1. The van der Waals surface area contributed by atoms with E-state index in [1.807, 2.05) is 6.07 Å². The molecule has 0 saturated carbocycles. The van der Waals surface area contributed by atoms with Crippen LogP contribution in [-0.2, 0) is 14.3 Å². The van der Waals surface area contributed by atoms with Crippen LogP contribution in [0.4, 0.5) is 0 Å². The van der Waals surface area contributed by atoms with Crippen LogP contribution in [-0.4, -0.2) is 32.6 Å². The molecule has 0 amide bonds. The molecule has 0 aliphatic carbocycles. The number of hydrogen-bond donors (Lipinski definition) is 0. The zero-order valence-electron chi connectivity index (χ0n) is 13.9. The van der Waals surface area contributed by atoms with Crippen molar-refractivity contribution in [3.8, 4) is 11.8 Å². The highest BCUT2D eigenvalue weighted by Gasteiger charge is 2.26. The molecular weight excluding hydrogens is 322 g/mol. The van der Waals surface area contributed by atoms with E-state index in [0.29, 0.717) is 22.4 Å². The van der Waals surface area contributed by atoms with Crippen LogP contribution in [0, 0.1) is 11.3 Å². The van der Waals surface area contributed by atoms with Gasteiger partial charge in [0.15, 0.2) is 6.10 Å². The van der Waals surface area contributed by atoms with E-state index in [9.17, 15) is 9.59 Å². The SMILES string of the molecule is COCC(=O)OC(C(=O)c1ccc(C#N)cc1)c1ccc(OC)cc1. The molecule has 6 nitrogen and oxygen atoms in total. The largest absolute Gasteiger partial charge is 0.497 e. The average Bonchev–Trinajstić information content (AvgIpc) is 2.66. The summed E-state index contributed by atoms with van der Waals surface area (Å²) >= 11 is 0. The number of ether oxygens (including phenoxy) is 3. The summed E-state index contributed by atoms with van der Waals surface area (Å²) in [6.07, 6.45) is -1.11. The Morgan fingerprint density at radius 3 is 2.20 bits per heavy atom. The van der Waals surface area contributed by atoms with Crippen LogP contribution in [0.25, 0.3) is 0 Å². The van der Waals surface area contributed by atoms with E-state index in [0.717, 1.165) is 0 Å². The second-order valence-corrected chi connectivity index (χ2v) is 5.13. The predicted octanol–water partition coefficient (Wildman–Crippen LogP) is 2.68. The number of benzene rings is 2. The smallest absolute Gasteiger partial charge is 0.333 e. The van der Waals surface area contributed by atoms with E-state index in [2.05, 4.69) is 0 Å². The van der Waals surface area contributed by atoms with Crippen LogP contribution >= 0.6 is 0 Å². The number of rotatable bonds is 7. The van der Waals surface area contributed by atoms with E-state index in [4.69, 9.17) is 19.5 Å². The normalized spacial score (nSPS) is 11.2. The first-order chi connectivity index (χ1) is 12.1. The maximum atomic E-state index is 12.8. The zero-order chi connectivity index (χ0) is 18.2. The molecule has 1 atom stereocenters. The van der Waals surface area contributed by atoms with Crippen LogP contribution in [0.1, 0.15) is 27.6 Å². The number of methoxy groups -OCH3 is 2. The van der Waals surface area contributed by atoms with Gasteiger partial charge in [-0.15, -0.1) is 0 Å². The van der Waals surface area contributed by atoms with Gasteiger partial charge in [0.05, 0.1) is 18.7 Å². The molecule has 2 rings (SSSR count). The molecule has 0 fully saturated rings. The van der Waals surface area contributed by atoms with Gasteiger partial charge in [-0.2, -0.15) is 5.26 Å². The van der Waals surface area contributed by atoms with Gasteiger partial charge in [0.25, 0.3) is 0 Å². The van der Waals surface area contributed by atoms with Crippen molar-refractivity contribution in [2.75, 3.05) is 20.8 Å². The van der Waals surface area contributed by atoms with E-state index >= 15 is 0 Å². The molecule has 2 aromatic rings. The second-order valence-electron chi connectivity index (χ2n) is 5.13. The highest BCUT2D eigenvalue weighted by atomic mass is 16.6. The first-order valence-electron chi connectivity index (χ1n) is 7.45. The van der Waals surface area contributed by atoms with E-state index in [1.54, 1.807) is 24.3 Å². The Morgan fingerprint density at radius 2 is 1.68 bits per heavy atom. The van der Waals surface area contributed by atoms with Gasteiger partial charge in [-0.25, -0.2) is 4.79 Å². The zero-order valence-corrected chi connectivity index (χ0v) is 13.9. The van der Waals surface area contributed by atoms with Gasteiger partial charge >= 0.3 is 5.97 Å². The summed E-state index contributed by atoms with van der Waals surface area (Å²) < 4.78 is 15.2. The molecule has 0 aliphatic rings. The molecule has 0 saturated heterocycles. The summed E-state index contributed by atoms with van der Waals surface area (Å²) in [5, 5.41) is 8.85. The number of nitriles is 1. The summed E-state index contributed by atoms with van der Waals surface area (Å²) in [5.41, 5.74) is 1.29. The van der Waals surface area contributed by atoms with Crippen molar-refractivity contribution in [1.82, 2.24) is 0 Å². The van der Waals surface area contributed by atoms with Crippen LogP contribution < -0.4 is 4.74 Å². The molecule has 25 heavy (non-hydrogen) atoms. The maximum Gasteiger partial charge on any atom is 0.333 e. The van der Waals surface area contributed by atoms with Gasteiger partial charge in [0.1, 0.15) is 12.4 Å². The van der Waals surface area contributed by atoms with Crippen LogP contribution in [0.2, 0.25) is 0 Å². The highest BCUT2D eigenvalue weighted by molar-refractivity contribution is 6.01. The first-order valence-corrected chi connectivity index (χ1v) is 7.45. The standard InChI is InChI=1S/C19H17NO5/c1-23-12-17(21)25-19(15-7-9-16(24-2)10-8-15)18(22)14-5-3-13(11-20)4-6-14/h3-10,19H,12H2,1-2H3. The maximum absolute atomic E-state index is 12.8. The number of nitrogens with zero attached hydrogens (tertiary/aromatic N) is 1. The third-order valence-corrected chi connectivity index (χ3v) is 3.47. The molecule has 128 valence electrons. The lowest BCUT2D eigenvalue weighted by Gasteiger charge is -2.17. The number of hydrogen-bond acceptors (Lipinski definition) is 6. The lowest BCUT2D eigenvalue weighted by molar-refractivity contribution is -0.151. The van der Waals surface area contributed by atoms with E-state index < -0.39 is 12.1 Å². The highest BCUT2D eigenvalue weighted by Crippen LogP contribution is 2.25. The minimum absolute atomic E-state index is 0.257. The second kappa shape index (κ2) is 8.62. The van der Waals surface area contributed by atoms with Crippen LogP contribution in [0.5, 0.6) is 5.75 Å². The molecular formula is C19H17NO5. The van der Waals surface area contributed by atoms with Crippen molar-refractivity contribution in [2.24, 2.45) is 0 Å². The van der Waals surface area contributed by atoms with Crippen LogP contribution in [0.3, 0.4) is 0 Å². The first kappa shape index (κ1) is 18.2. The fourth-order valence-corrected chi connectivity index (χ4v) is 2.20. The van der Waals surface area contributed by atoms with Gasteiger partial charge in [0, 0.05) is 18.2 Å². The quantitative estimate of drug-likeness (QED) is 0.569. The predicted molar refractivity (Wildman–Crippen MR) is 89.2 cm³/mol. The summed E-state index contributed by atoms with van der Waals surface area (Å²) in [7, 11) is 2.90. The molecule has 0 bridgehead atoms. The Balaban J connectivity index is 2.32. The molecule has 0 aromatic heterocycles. The molecule has 2 aromatic carbocycles. The van der Waals surface area contributed by atoms with Gasteiger partial charge in [-0.05, 0) is 36.4 Å². The van der Waals surface area contributed by atoms with Crippen molar-refractivity contribution in [3.63, 3.8) is 0 Å². The lowest BCUT2D eigenvalue weighted by Crippen LogP contribution is -2.22. The van der Waals surface area contributed by atoms with Crippen molar-refractivity contribution in [2.45, 2.75) is 6.10 Å². The number of Topliss-reactive ketones (excluding diaryl/α,β-unsaturated/α-hetero) is 1. The monoisotopic (exact) mass is 339 g/mol. The fourth-order valence-electron chi connectivity index (χ4n) is 2.20. The lowest BCUT2D eigenvalue weighted by atomic mass is 9.99. The summed E-state index contributed by atoms with van der Waals surface area (Å²) in [4.78, 5) is 24.6. The summed E-state index contributed by atoms with van der Waals surface area (Å²) in [6.45, 7) is -0.257. The molecule has 0 heterocycles. The van der Waals surface area contributed by atoms with E-state index in [-0.39, 0.29) is 12.4 Å². The van der Waals surface area contributed by atoms with Crippen molar-refractivity contribution in [3.05, 3.63) is 65.2 Å².